The molecule has 1 saturated heterocycles. The third-order valence-electron chi connectivity index (χ3n) is 2.33. The molecule has 4 nitrogen and oxygen atoms in total. The van der Waals surface area contributed by atoms with E-state index in [4.69, 9.17) is 5.26 Å². The molecule has 14 heavy (non-hydrogen) atoms. The third kappa shape index (κ3) is 1.83. The van der Waals surface area contributed by atoms with Crippen molar-refractivity contribution in [2.45, 2.75) is 12.5 Å². The number of rotatable bonds is 2. The number of aromatic nitrogens is 1. The molecule has 2 heterocycles. The summed E-state index contributed by atoms with van der Waals surface area (Å²) < 4.78 is 0. The fourth-order valence-electron chi connectivity index (χ4n) is 1.58. The van der Waals surface area contributed by atoms with Crippen molar-refractivity contribution in [2.24, 2.45) is 0 Å². The Hall–Kier alpha value is -1.60. The highest BCUT2D eigenvalue weighted by Gasteiger charge is 2.15. The SMILES string of the molecule is N#Cc1cccnc1N[C@@H]1CCNC1. The van der Waals surface area contributed by atoms with Gasteiger partial charge in [0.15, 0.2) is 0 Å². The van der Waals surface area contributed by atoms with E-state index in [9.17, 15) is 0 Å². The highest BCUT2D eigenvalue weighted by molar-refractivity contribution is 5.51. The van der Waals surface area contributed by atoms with Gasteiger partial charge in [-0.15, -0.1) is 0 Å². The lowest BCUT2D eigenvalue weighted by Gasteiger charge is -2.12. The molecule has 1 fully saturated rings. The highest BCUT2D eigenvalue weighted by atomic mass is 15.1. The van der Waals surface area contributed by atoms with Crippen LogP contribution in [0.15, 0.2) is 18.3 Å². The molecule has 0 aromatic carbocycles. The van der Waals surface area contributed by atoms with E-state index in [1.807, 2.05) is 0 Å². The molecule has 0 unspecified atom stereocenters. The van der Waals surface area contributed by atoms with E-state index in [2.05, 4.69) is 21.7 Å². The Kier molecular flexibility index (Phi) is 2.61. The summed E-state index contributed by atoms with van der Waals surface area (Å²) in [6, 6.07) is 6.07. The normalized spacial score (nSPS) is 20.4. The zero-order valence-corrected chi connectivity index (χ0v) is 7.83. The van der Waals surface area contributed by atoms with Crippen LogP contribution in [0.25, 0.3) is 0 Å². The molecule has 0 aliphatic carbocycles. The molecule has 1 aliphatic rings. The van der Waals surface area contributed by atoms with E-state index >= 15 is 0 Å². The van der Waals surface area contributed by atoms with Gasteiger partial charge in [-0.25, -0.2) is 4.98 Å². The summed E-state index contributed by atoms with van der Waals surface area (Å²) in [5, 5.41) is 15.4. The second-order valence-corrected chi connectivity index (χ2v) is 3.35. The highest BCUT2D eigenvalue weighted by Crippen LogP contribution is 2.13. The van der Waals surface area contributed by atoms with Gasteiger partial charge in [0.2, 0.25) is 0 Å². The third-order valence-corrected chi connectivity index (χ3v) is 2.33. The summed E-state index contributed by atoms with van der Waals surface area (Å²) in [4.78, 5) is 4.15. The van der Waals surface area contributed by atoms with E-state index in [0.29, 0.717) is 17.4 Å². The predicted molar refractivity (Wildman–Crippen MR) is 53.8 cm³/mol. The van der Waals surface area contributed by atoms with Crippen molar-refractivity contribution >= 4 is 5.82 Å². The molecule has 0 bridgehead atoms. The minimum absolute atomic E-state index is 0.400. The van der Waals surface area contributed by atoms with Crippen molar-refractivity contribution in [2.75, 3.05) is 18.4 Å². The maximum Gasteiger partial charge on any atom is 0.144 e. The molecular weight excluding hydrogens is 176 g/mol. The monoisotopic (exact) mass is 188 g/mol. The van der Waals surface area contributed by atoms with Gasteiger partial charge in [0, 0.05) is 18.8 Å². The fraction of sp³-hybridized carbons (Fsp3) is 0.400. The van der Waals surface area contributed by atoms with Crippen LogP contribution < -0.4 is 10.6 Å². The van der Waals surface area contributed by atoms with Crippen molar-refractivity contribution < 1.29 is 0 Å². The Morgan fingerprint density at radius 2 is 2.57 bits per heavy atom. The molecule has 0 saturated carbocycles. The minimum atomic E-state index is 0.400. The maximum absolute atomic E-state index is 8.85. The van der Waals surface area contributed by atoms with Crippen molar-refractivity contribution in [1.82, 2.24) is 10.3 Å². The van der Waals surface area contributed by atoms with E-state index in [-0.39, 0.29) is 0 Å². The van der Waals surface area contributed by atoms with Crippen LogP contribution in [-0.2, 0) is 0 Å². The van der Waals surface area contributed by atoms with Gasteiger partial charge in [-0.05, 0) is 25.1 Å². The van der Waals surface area contributed by atoms with Crippen LogP contribution in [-0.4, -0.2) is 24.1 Å². The summed E-state index contributed by atoms with van der Waals surface area (Å²) in [6.07, 6.45) is 2.78. The molecular formula is C10H12N4. The molecule has 0 spiro atoms. The Bertz CT molecular complexity index is 349. The summed E-state index contributed by atoms with van der Waals surface area (Å²) in [7, 11) is 0. The number of nitriles is 1. The largest absolute Gasteiger partial charge is 0.365 e. The zero-order chi connectivity index (χ0) is 9.80. The fourth-order valence-corrected chi connectivity index (χ4v) is 1.58. The maximum atomic E-state index is 8.85. The standard InChI is InChI=1S/C10H12N4/c11-6-8-2-1-4-13-10(8)14-9-3-5-12-7-9/h1-2,4,9,12H,3,5,7H2,(H,13,14)/t9-/m1/s1. The molecule has 4 heteroatoms. The lowest BCUT2D eigenvalue weighted by Crippen LogP contribution is -2.23. The molecule has 2 N–H and O–H groups in total. The van der Waals surface area contributed by atoms with Crippen LogP contribution in [0.4, 0.5) is 5.82 Å². The number of hydrogen-bond donors (Lipinski definition) is 2. The number of nitrogens with zero attached hydrogens (tertiary/aromatic N) is 2. The van der Waals surface area contributed by atoms with Crippen molar-refractivity contribution in [3.05, 3.63) is 23.9 Å². The van der Waals surface area contributed by atoms with Gasteiger partial charge in [0.25, 0.3) is 0 Å². The van der Waals surface area contributed by atoms with Crippen LogP contribution >= 0.6 is 0 Å². The number of pyridine rings is 1. The van der Waals surface area contributed by atoms with E-state index in [1.54, 1.807) is 18.3 Å². The summed E-state index contributed by atoms with van der Waals surface area (Å²) >= 11 is 0. The Labute approximate surface area is 83.0 Å². The van der Waals surface area contributed by atoms with Crippen LogP contribution in [0.1, 0.15) is 12.0 Å². The number of nitrogens with one attached hydrogen (secondary N) is 2. The van der Waals surface area contributed by atoms with Crippen LogP contribution in [0.2, 0.25) is 0 Å². The second-order valence-electron chi connectivity index (χ2n) is 3.35. The molecule has 1 aliphatic heterocycles. The second kappa shape index (κ2) is 4.07. The summed E-state index contributed by atoms with van der Waals surface area (Å²) in [6.45, 7) is 1.98. The van der Waals surface area contributed by atoms with Crippen molar-refractivity contribution in [1.29, 1.82) is 5.26 Å². The molecule has 1 aromatic heterocycles. The number of hydrogen-bond acceptors (Lipinski definition) is 4. The molecule has 2 rings (SSSR count). The van der Waals surface area contributed by atoms with Gasteiger partial charge in [0.1, 0.15) is 11.9 Å². The minimum Gasteiger partial charge on any atom is -0.365 e. The average molecular weight is 188 g/mol. The Morgan fingerprint density at radius 3 is 3.29 bits per heavy atom. The van der Waals surface area contributed by atoms with E-state index < -0.39 is 0 Å². The Morgan fingerprint density at radius 1 is 1.64 bits per heavy atom. The van der Waals surface area contributed by atoms with Gasteiger partial charge in [-0.1, -0.05) is 0 Å². The van der Waals surface area contributed by atoms with Crippen LogP contribution in [0, 0.1) is 11.3 Å². The lowest BCUT2D eigenvalue weighted by atomic mass is 10.2. The molecule has 1 aromatic rings. The lowest BCUT2D eigenvalue weighted by molar-refractivity contribution is 0.787. The Balaban J connectivity index is 2.11. The molecule has 0 amide bonds. The molecule has 1 atom stereocenters. The average Bonchev–Trinajstić information content (AvgIpc) is 2.71. The smallest absolute Gasteiger partial charge is 0.144 e. The van der Waals surface area contributed by atoms with Gasteiger partial charge in [-0.2, -0.15) is 5.26 Å². The first-order valence-corrected chi connectivity index (χ1v) is 4.72. The molecule has 0 radical (unpaired) electrons. The zero-order valence-electron chi connectivity index (χ0n) is 7.83. The van der Waals surface area contributed by atoms with Crippen LogP contribution in [0.3, 0.4) is 0 Å². The quantitative estimate of drug-likeness (QED) is 0.718. The van der Waals surface area contributed by atoms with Gasteiger partial charge in [0.05, 0.1) is 5.56 Å². The topological polar surface area (TPSA) is 60.7 Å². The number of anilines is 1. The van der Waals surface area contributed by atoms with E-state index in [1.165, 1.54) is 0 Å². The first-order valence-electron chi connectivity index (χ1n) is 4.72. The van der Waals surface area contributed by atoms with E-state index in [0.717, 1.165) is 19.5 Å². The van der Waals surface area contributed by atoms with Gasteiger partial charge < -0.3 is 10.6 Å². The first-order chi connectivity index (χ1) is 6.90. The van der Waals surface area contributed by atoms with Crippen molar-refractivity contribution in [3.63, 3.8) is 0 Å². The van der Waals surface area contributed by atoms with Gasteiger partial charge in [-0.3, -0.25) is 0 Å². The first kappa shape index (κ1) is 8.97. The van der Waals surface area contributed by atoms with Crippen molar-refractivity contribution in [3.8, 4) is 6.07 Å². The van der Waals surface area contributed by atoms with Gasteiger partial charge >= 0.3 is 0 Å². The summed E-state index contributed by atoms with van der Waals surface area (Å²) in [5.41, 5.74) is 0.611. The van der Waals surface area contributed by atoms with Crippen LogP contribution in [0.5, 0.6) is 0 Å². The molecule has 72 valence electrons. The summed E-state index contributed by atoms with van der Waals surface area (Å²) in [5.74, 6) is 0.698. The predicted octanol–water partition coefficient (Wildman–Crippen LogP) is 0.727.